The predicted octanol–water partition coefficient (Wildman–Crippen LogP) is 5.01. The molecule has 0 bridgehead atoms. The minimum Gasteiger partial charge on any atom is -0.494 e. The van der Waals surface area contributed by atoms with E-state index in [9.17, 15) is 5.11 Å². The second-order valence-electron chi connectivity index (χ2n) is 7.33. The van der Waals surface area contributed by atoms with Gasteiger partial charge in [-0.3, -0.25) is 4.57 Å². The van der Waals surface area contributed by atoms with Crippen LogP contribution in [-0.2, 0) is 0 Å². The molecule has 0 aliphatic rings. The Morgan fingerprint density at radius 3 is 2.41 bits per heavy atom. The maximum atomic E-state index is 10.8. The molecule has 2 heterocycles. The fraction of sp³-hybridized carbons (Fsp3) is 0.120. The Hall–Kier alpha value is -4.26. The molecule has 2 aromatic heterocycles. The van der Waals surface area contributed by atoms with Crippen molar-refractivity contribution in [1.82, 2.24) is 14.5 Å². The summed E-state index contributed by atoms with van der Waals surface area (Å²) in [7, 11) is 4.99. The van der Waals surface area contributed by atoms with Gasteiger partial charge >= 0.3 is 0 Å². The third-order valence-electron chi connectivity index (χ3n) is 5.52. The minimum absolute atomic E-state index is 0.201. The topological polar surface area (TPSA) is 81.4 Å². The van der Waals surface area contributed by atoms with Gasteiger partial charge in [0.25, 0.3) is 0 Å². The van der Waals surface area contributed by atoms with Crippen LogP contribution in [0.1, 0.15) is 0 Å². The third kappa shape index (κ3) is 3.15. The van der Waals surface area contributed by atoms with Gasteiger partial charge in [0.1, 0.15) is 0 Å². The summed E-state index contributed by atoms with van der Waals surface area (Å²) in [5.41, 5.74) is 3.19. The number of nitrogens with zero attached hydrogens (tertiary/aromatic N) is 3. The molecule has 0 saturated carbocycles. The Morgan fingerprint density at radius 1 is 0.875 bits per heavy atom. The van der Waals surface area contributed by atoms with E-state index in [2.05, 4.69) is 10.3 Å². The lowest BCUT2D eigenvalue weighted by Gasteiger charge is -2.14. The Bertz CT molecular complexity index is 1460. The van der Waals surface area contributed by atoms with Crippen molar-refractivity contribution in [3.8, 4) is 34.3 Å². The van der Waals surface area contributed by atoms with E-state index in [-0.39, 0.29) is 5.88 Å². The first-order valence-corrected chi connectivity index (χ1v) is 10.1. The first-order valence-electron chi connectivity index (χ1n) is 10.1. The summed E-state index contributed by atoms with van der Waals surface area (Å²) in [4.78, 5) is 9.31. The minimum atomic E-state index is 0.201. The van der Waals surface area contributed by atoms with E-state index in [4.69, 9.17) is 14.5 Å². The van der Waals surface area contributed by atoms with Crippen molar-refractivity contribution in [2.24, 2.45) is 0 Å². The van der Waals surface area contributed by atoms with Crippen LogP contribution < -0.4 is 14.8 Å². The molecule has 0 saturated heterocycles. The average Bonchev–Trinajstić information content (AvgIpc) is 3.19. The summed E-state index contributed by atoms with van der Waals surface area (Å²) in [6.45, 7) is 0. The zero-order valence-corrected chi connectivity index (χ0v) is 18.0. The zero-order valence-electron chi connectivity index (χ0n) is 18.0. The molecule has 2 N–H and O–H groups in total. The van der Waals surface area contributed by atoms with E-state index in [1.165, 1.54) is 0 Å². The van der Waals surface area contributed by atoms with Crippen molar-refractivity contribution in [3.63, 3.8) is 0 Å². The van der Waals surface area contributed by atoms with Crippen LogP contribution in [0.5, 0.6) is 17.4 Å². The largest absolute Gasteiger partial charge is 0.494 e. The van der Waals surface area contributed by atoms with Gasteiger partial charge in [-0.1, -0.05) is 30.3 Å². The van der Waals surface area contributed by atoms with E-state index in [1.807, 2.05) is 66.9 Å². The Kier molecular flexibility index (Phi) is 4.78. The lowest BCUT2D eigenvalue weighted by atomic mass is 10.0. The molecule has 5 rings (SSSR count). The van der Waals surface area contributed by atoms with Crippen LogP contribution in [0.3, 0.4) is 0 Å². The van der Waals surface area contributed by atoms with Crippen molar-refractivity contribution in [1.29, 1.82) is 0 Å². The van der Waals surface area contributed by atoms with Crippen molar-refractivity contribution < 1.29 is 14.6 Å². The highest BCUT2D eigenvalue weighted by Crippen LogP contribution is 2.37. The summed E-state index contributed by atoms with van der Waals surface area (Å²) >= 11 is 0. The molecule has 0 radical (unpaired) electrons. The van der Waals surface area contributed by atoms with Gasteiger partial charge in [0.05, 0.1) is 25.4 Å². The van der Waals surface area contributed by atoms with Gasteiger partial charge < -0.3 is 19.9 Å². The summed E-state index contributed by atoms with van der Waals surface area (Å²) in [6, 6.07) is 19.4. The molecule has 0 spiro atoms. The van der Waals surface area contributed by atoms with Crippen LogP contribution in [0.15, 0.2) is 66.9 Å². The van der Waals surface area contributed by atoms with Crippen LogP contribution in [0.25, 0.3) is 38.6 Å². The molecule has 3 aromatic carbocycles. The van der Waals surface area contributed by atoms with Gasteiger partial charge in [0.2, 0.25) is 11.8 Å². The fourth-order valence-electron chi connectivity index (χ4n) is 3.93. The Morgan fingerprint density at radius 2 is 1.66 bits per heavy atom. The van der Waals surface area contributed by atoms with E-state index >= 15 is 0 Å². The number of fused-ring (bicyclic) bond motifs is 2. The highest BCUT2D eigenvalue weighted by atomic mass is 16.5. The first kappa shape index (κ1) is 19.7. The molecule has 160 valence electrons. The summed E-state index contributed by atoms with van der Waals surface area (Å²) in [5.74, 6) is 1.91. The molecule has 0 aliphatic heterocycles. The molecule has 0 unspecified atom stereocenters. The van der Waals surface area contributed by atoms with Gasteiger partial charge in [0, 0.05) is 46.7 Å². The van der Waals surface area contributed by atoms with Crippen molar-refractivity contribution in [2.75, 3.05) is 26.6 Å². The number of hydrogen-bond donors (Lipinski definition) is 2. The molecule has 0 amide bonds. The number of nitrogens with one attached hydrogen (secondary N) is 1. The number of anilines is 1. The van der Waals surface area contributed by atoms with Gasteiger partial charge in [-0.15, -0.1) is 0 Å². The number of ether oxygens (including phenoxy) is 2. The van der Waals surface area contributed by atoms with Crippen molar-refractivity contribution in [2.45, 2.75) is 0 Å². The average molecular weight is 426 g/mol. The van der Waals surface area contributed by atoms with E-state index in [0.717, 1.165) is 38.6 Å². The summed E-state index contributed by atoms with van der Waals surface area (Å²) in [5, 5.41) is 16.4. The van der Waals surface area contributed by atoms with Gasteiger partial charge in [-0.25, -0.2) is 9.97 Å². The quantitative estimate of drug-likeness (QED) is 0.411. The summed E-state index contributed by atoms with van der Waals surface area (Å²) in [6.07, 6.45) is 1.93. The second kappa shape index (κ2) is 7.77. The van der Waals surface area contributed by atoms with E-state index in [0.29, 0.717) is 17.4 Å². The van der Waals surface area contributed by atoms with E-state index < -0.39 is 0 Å². The number of rotatable bonds is 5. The van der Waals surface area contributed by atoms with Crippen molar-refractivity contribution >= 4 is 27.6 Å². The number of aromatic hydroxyl groups is 1. The van der Waals surface area contributed by atoms with Crippen LogP contribution >= 0.6 is 0 Å². The Balaban J connectivity index is 1.72. The second-order valence-corrected chi connectivity index (χ2v) is 7.33. The smallest absolute Gasteiger partial charge is 0.223 e. The number of aromatic nitrogens is 3. The molecule has 0 aliphatic carbocycles. The molecular weight excluding hydrogens is 404 g/mol. The predicted molar refractivity (Wildman–Crippen MR) is 126 cm³/mol. The molecular formula is C25H22N4O3. The van der Waals surface area contributed by atoms with Crippen LogP contribution in [0.4, 0.5) is 5.95 Å². The van der Waals surface area contributed by atoms with Crippen molar-refractivity contribution in [3.05, 3.63) is 66.9 Å². The number of methoxy groups -OCH3 is 2. The van der Waals surface area contributed by atoms with E-state index in [1.54, 1.807) is 25.8 Å². The van der Waals surface area contributed by atoms with Crippen LogP contribution in [0.2, 0.25) is 0 Å². The van der Waals surface area contributed by atoms with Gasteiger partial charge in [0.15, 0.2) is 11.5 Å². The number of hydrogen-bond acceptors (Lipinski definition) is 6. The standard InChI is InChI=1S/C25H22N4O3/c1-26-25-27-20-13-22(32-3)21(31-2)12-19(20)23(28-25)15-8-6-9-17(11-15)29-14-16-7-4-5-10-18(16)24(29)30/h4-14,30H,1-3H3,(H,26,27,28). The maximum Gasteiger partial charge on any atom is 0.223 e. The molecule has 7 heteroatoms. The molecule has 0 atom stereocenters. The highest BCUT2D eigenvalue weighted by Gasteiger charge is 2.16. The normalized spacial score (nSPS) is 11.1. The summed E-state index contributed by atoms with van der Waals surface area (Å²) < 4.78 is 12.7. The van der Waals surface area contributed by atoms with Crippen LogP contribution in [0, 0.1) is 0 Å². The Labute approximate surface area is 184 Å². The monoisotopic (exact) mass is 426 g/mol. The molecule has 7 nitrogen and oxygen atoms in total. The van der Waals surface area contributed by atoms with Gasteiger partial charge in [-0.2, -0.15) is 0 Å². The number of benzene rings is 3. The fourth-order valence-corrected chi connectivity index (χ4v) is 3.93. The third-order valence-corrected chi connectivity index (χ3v) is 5.52. The molecule has 32 heavy (non-hydrogen) atoms. The lowest BCUT2D eigenvalue weighted by molar-refractivity contribution is 0.356. The first-order chi connectivity index (χ1) is 15.6. The molecule has 0 fully saturated rings. The zero-order chi connectivity index (χ0) is 22.2. The SMILES string of the molecule is CNc1nc(-c2cccc(-n3cc4ccccc4c3O)c2)c2cc(OC)c(OC)cc2n1. The highest BCUT2D eigenvalue weighted by molar-refractivity contribution is 5.96. The lowest BCUT2D eigenvalue weighted by Crippen LogP contribution is -2.01. The van der Waals surface area contributed by atoms with Gasteiger partial charge in [-0.05, 0) is 24.3 Å². The molecule has 5 aromatic rings. The maximum absolute atomic E-state index is 10.8. The van der Waals surface area contributed by atoms with Crippen LogP contribution in [-0.4, -0.2) is 40.9 Å².